The Bertz CT molecular complexity index is 619. The molecular weight excluding hydrogens is 348 g/mol. The third-order valence-corrected chi connectivity index (χ3v) is 3.98. The van der Waals surface area contributed by atoms with Gasteiger partial charge in [0.25, 0.3) is 0 Å². The lowest BCUT2D eigenvalue weighted by Crippen LogP contribution is -2.20. The van der Waals surface area contributed by atoms with E-state index in [1.165, 1.54) is 24.3 Å². The van der Waals surface area contributed by atoms with Gasteiger partial charge >= 0.3 is 0 Å². The smallest absolute Gasteiger partial charge is 0.128 e. The van der Waals surface area contributed by atoms with Crippen molar-refractivity contribution in [1.82, 2.24) is 5.32 Å². The highest BCUT2D eigenvalue weighted by Crippen LogP contribution is 2.27. The average molecular weight is 361 g/mol. The van der Waals surface area contributed by atoms with Gasteiger partial charge < -0.3 is 5.32 Å². The van der Waals surface area contributed by atoms with Crippen molar-refractivity contribution in [2.75, 3.05) is 7.05 Å². The van der Waals surface area contributed by atoms with Gasteiger partial charge in [0.1, 0.15) is 11.6 Å². The van der Waals surface area contributed by atoms with E-state index in [1.807, 2.05) is 0 Å². The van der Waals surface area contributed by atoms with Gasteiger partial charge in [-0.2, -0.15) is 0 Å². The van der Waals surface area contributed by atoms with E-state index in [9.17, 15) is 8.78 Å². The van der Waals surface area contributed by atoms with Gasteiger partial charge in [0, 0.05) is 21.1 Å². The lowest BCUT2D eigenvalue weighted by Gasteiger charge is -2.18. The maximum atomic E-state index is 13.9. The first-order valence-corrected chi connectivity index (χ1v) is 7.24. The topological polar surface area (TPSA) is 12.0 Å². The summed E-state index contributed by atoms with van der Waals surface area (Å²) in [7, 11) is 1.73. The SMILES string of the molecule is CNC(Cc1cc(F)ccc1Cl)c1cc(Br)ccc1F. The summed E-state index contributed by atoms with van der Waals surface area (Å²) in [6.07, 6.45) is 0.403. The van der Waals surface area contributed by atoms with Crippen LogP contribution in [0.5, 0.6) is 0 Å². The summed E-state index contributed by atoms with van der Waals surface area (Å²) in [5.74, 6) is -0.658. The molecule has 0 bridgehead atoms. The molecule has 0 aliphatic rings. The number of halogens is 4. The van der Waals surface area contributed by atoms with Gasteiger partial charge in [-0.25, -0.2) is 8.78 Å². The molecule has 2 aromatic rings. The largest absolute Gasteiger partial charge is 0.313 e. The molecular formula is C15H13BrClF2N. The average Bonchev–Trinajstić information content (AvgIpc) is 2.42. The van der Waals surface area contributed by atoms with Crippen molar-refractivity contribution in [3.8, 4) is 0 Å². The number of nitrogens with one attached hydrogen (secondary N) is 1. The lowest BCUT2D eigenvalue weighted by molar-refractivity contribution is 0.532. The predicted octanol–water partition coefficient (Wildman–Crippen LogP) is 4.88. The minimum Gasteiger partial charge on any atom is -0.313 e. The maximum absolute atomic E-state index is 13.9. The van der Waals surface area contributed by atoms with Gasteiger partial charge in [-0.3, -0.25) is 0 Å². The Morgan fingerprint density at radius 3 is 2.65 bits per heavy atom. The van der Waals surface area contributed by atoms with Gasteiger partial charge in [0.2, 0.25) is 0 Å². The molecule has 1 nitrogen and oxygen atoms in total. The fourth-order valence-electron chi connectivity index (χ4n) is 2.07. The van der Waals surface area contributed by atoms with Crippen LogP contribution in [0.1, 0.15) is 17.2 Å². The van der Waals surface area contributed by atoms with Crippen LogP contribution in [-0.2, 0) is 6.42 Å². The normalized spacial score (nSPS) is 12.4. The first-order chi connectivity index (χ1) is 9.51. The number of likely N-dealkylation sites (N-methyl/N-ethyl adjacent to an activating group) is 1. The van der Waals surface area contributed by atoms with E-state index in [0.717, 1.165) is 4.47 Å². The van der Waals surface area contributed by atoms with Crippen molar-refractivity contribution >= 4 is 27.5 Å². The van der Waals surface area contributed by atoms with E-state index >= 15 is 0 Å². The van der Waals surface area contributed by atoms with E-state index in [-0.39, 0.29) is 17.7 Å². The second-order valence-electron chi connectivity index (χ2n) is 4.45. The Labute approximate surface area is 130 Å². The van der Waals surface area contributed by atoms with Gasteiger partial charge in [-0.15, -0.1) is 0 Å². The fraction of sp³-hybridized carbons (Fsp3) is 0.200. The van der Waals surface area contributed by atoms with Gasteiger partial charge in [0.15, 0.2) is 0 Å². The van der Waals surface area contributed by atoms with E-state index in [4.69, 9.17) is 11.6 Å². The molecule has 0 aliphatic carbocycles. The third-order valence-electron chi connectivity index (χ3n) is 3.11. The van der Waals surface area contributed by atoms with E-state index < -0.39 is 0 Å². The predicted molar refractivity (Wildman–Crippen MR) is 81.0 cm³/mol. The molecule has 1 unspecified atom stereocenters. The Kier molecular flexibility index (Phi) is 5.13. The Morgan fingerprint density at radius 1 is 1.20 bits per heavy atom. The van der Waals surface area contributed by atoms with Crippen molar-refractivity contribution in [2.45, 2.75) is 12.5 Å². The van der Waals surface area contributed by atoms with Crippen LogP contribution >= 0.6 is 27.5 Å². The van der Waals surface area contributed by atoms with E-state index in [2.05, 4.69) is 21.2 Å². The van der Waals surface area contributed by atoms with Gasteiger partial charge in [-0.05, 0) is 55.4 Å². The summed E-state index contributed by atoms with van der Waals surface area (Å²) in [5.41, 5.74) is 1.16. The molecule has 106 valence electrons. The van der Waals surface area contributed by atoms with Crippen molar-refractivity contribution in [3.05, 3.63) is 68.7 Å². The van der Waals surface area contributed by atoms with E-state index in [0.29, 0.717) is 22.6 Å². The van der Waals surface area contributed by atoms with Crippen LogP contribution in [0.25, 0.3) is 0 Å². The second kappa shape index (κ2) is 6.66. The molecule has 0 saturated heterocycles. The monoisotopic (exact) mass is 359 g/mol. The van der Waals surface area contributed by atoms with Crippen molar-refractivity contribution in [1.29, 1.82) is 0 Å². The Balaban J connectivity index is 2.33. The molecule has 0 heterocycles. The molecule has 0 aliphatic heterocycles. The van der Waals surface area contributed by atoms with Crippen LogP contribution in [0.2, 0.25) is 5.02 Å². The quantitative estimate of drug-likeness (QED) is 0.819. The van der Waals surface area contributed by atoms with Crippen LogP contribution in [0.15, 0.2) is 40.9 Å². The van der Waals surface area contributed by atoms with Crippen LogP contribution in [0.4, 0.5) is 8.78 Å². The molecule has 0 amide bonds. The van der Waals surface area contributed by atoms with Gasteiger partial charge in [0.05, 0.1) is 0 Å². The minimum absolute atomic E-state index is 0.285. The number of hydrogen-bond acceptors (Lipinski definition) is 1. The molecule has 0 saturated carbocycles. The number of benzene rings is 2. The first-order valence-electron chi connectivity index (χ1n) is 6.07. The summed E-state index contributed by atoms with van der Waals surface area (Å²) < 4.78 is 28.0. The van der Waals surface area contributed by atoms with E-state index in [1.54, 1.807) is 19.2 Å². The highest BCUT2D eigenvalue weighted by atomic mass is 79.9. The molecule has 2 rings (SSSR count). The van der Waals surface area contributed by atoms with Crippen molar-refractivity contribution in [3.63, 3.8) is 0 Å². The summed E-state index contributed by atoms with van der Waals surface area (Å²) >= 11 is 9.38. The summed E-state index contributed by atoms with van der Waals surface area (Å²) in [6.45, 7) is 0. The maximum Gasteiger partial charge on any atom is 0.128 e. The zero-order chi connectivity index (χ0) is 14.7. The first kappa shape index (κ1) is 15.4. The fourth-order valence-corrected chi connectivity index (χ4v) is 2.64. The Morgan fingerprint density at radius 2 is 1.95 bits per heavy atom. The Hall–Kier alpha value is -0.970. The summed E-state index contributed by atoms with van der Waals surface area (Å²) in [6, 6.07) is 8.66. The molecule has 20 heavy (non-hydrogen) atoms. The van der Waals surface area contributed by atoms with Crippen molar-refractivity contribution in [2.24, 2.45) is 0 Å². The molecule has 1 N–H and O–H groups in total. The summed E-state index contributed by atoms with van der Waals surface area (Å²) in [5, 5.41) is 3.51. The number of rotatable bonds is 4. The molecule has 0 fully saturated rings. The van der Waals surface area contributed by atoms with Gasteiger partial charge in [-0.1, -0.05) is 27.5 Å². The van der Waals surface area contributed by atoms with Crippen LogP contribution < -0.4 is 5.32 Å². The molecule has 0 spiro atoms. The highest BCUT2D eigenvalue weighted by Gasteiger charge is 2.17. The van der Waals surface area contributed by atoms with Crippen LogP contribution in [-0.4, -0.2) is 7.05 Å². The molecule has 1 atom stereocenters. The standard InChI is InChI=1S/C15H13BrClF2N/c1-20-15(12-8-10(16)2-5-14(12)19)7-9-6-11(18)3-4-13(9)17/h2-6,8,15,20H,7H2,1H3. The van der Waals surface area contributed by atoms with Crippen molar-refractivity contribution < 1.29 is 8.78 Å². The van der Waals surface area contributed by atoms with Crippen LogP contribution in [0.3, 0.4) is 0 Å². The lowest BCUT2D eigenvalue weighted by atomic mass is 9.98. The second-order valence-corrected chi connectivity index (χ2v) is 5.77. The zero-order valence-electron chi connectivity index (χ0n) is 10.8. The molecule has 0 aromatic heterocycles. The molecule has 2 aromatic carbocycles. The zero-order valence-corrected chi connectivity index (χ0v) is 13.1. The summed E-state index contributed by atoms with van der Waals surface area (Å²) in [4.78, 5) is 0. The van der Waals surface area contributed by atoms with Crippen LogP contribution in [0, 0.1) is 11.6 Å². The minimum atomic E-state index is -0.353. The highest BCUT2D eigenvalue weighted by molar-refractivity contribution is 9.10. The third kappa shape index (κ3) is 3.57. The number of hydrogen-bond donors (Lipinski definition) is 1. The molecule has 5 heteroatoms. The molecule has 0 radical (unpaired) electrons.